The zero-order chi connectivity index (χ0) is 20.0. The third-order valence-corrected chi connectivity index (χ3v) is 5.40. The summed E-state index contributed by atoms with van der Waals surface area (Å²) in [4.78, 5) is 12.4. The van der Waals surface area contributed by atoms with Crippen molar-refractivity contribution in [3.8, 4) is 11.5 Å². The van der Waals surface area contributed by atoms with Crippen molar-refractivity contribution in [2.24, 2.45) is 0 Å². The minimum atomic E-state index is -3.64. The van der Waals surface area contributed by atoms with Crippen LogP contribution in [0.5, 0.6) is 11.5 Å². The fourth-order valence-corrected chi connectivity index (χ4v) is 3.73. The first kappa shape index (κ1) is 20.8. The van der Waals surface area contributed by atoms with Crippen molar-refractivity contribution in [3.05, 3.63) is 54.6 Å². The summed E-state index contributed by atoms with van der Waals surface area (Å²) >= 11 is 0. The van der Waals surface area contributed by atoms with Crippen LogP contribution < -0.4 is 14.4 Å². The summed E-state index contributed by atoms with van der Waals surface area (Å²) in [5.41, 5.74) is 0.407. The Labute approximate surface area is 161 Å². The van der Waals surface area contributed by atoms with Crippen LogP contribution in [0, 0.1) is 0 Å². The van der Waals surface area contributed by atoms with Crippen LogP contribution in [0.3, 0.4) is 0 Å². The smallest absolute Gasteiger partial charge is 0.243 e. The molecule has 1 N–H and O–H groups in total. The van der Waals surface area contributed by atoms with Crippen molar-refractivity contribution in [2.75, 3.05) is 10.6 Å². The molecule has 0 bridgehead atoms. The van der Waals surface area contributed by atoms with E-state index in [1.807, 2.05) is 44.2 Å². The van der Waals surface area contributed by atoms with Gasteiger partial charge in [-0.15, -0.1) is 0 Å². The lowest BCUT2D eigenvalue weighted by atomic mass is 10.2. The predicted molar refractivity (Wildman–Crippen MR) is 108 cm³/mol. The molecule has 0 aliphatic rings. The maximum atomic E-state index is 12.4. The second-order valence-electron chi connectivity index (χ2n) is 6.46. The number of ether oxygens (including phenoxy) is 1. The third-order valence-electron chi connectivity index (χ3n) is 4.16. The normalized spacial score (nSPS) is 13.5. The molecule has 27 heavy (non-hydrogen) atoms. The number of carbonyl (C=O) groups excluding carboxylic acids is 1. The van der Waals surface area contributed by atoms with Crippen LogP contribution in [0.15, 0.2) is 54.6 Å². The Morgan fingerprint density at radius 2 is 1.59 bits per heavy atom. The van der Waals surface area contributed by atoms with E-state index in [4.69, 9.17) is 4.74 Å². The lowest BCUT2D eigenvalue weighted by Crippen LogP contribution is -2.49. The second-order valence-corrected chi connectivity index (χ2v) is 8.32. The van der Waals surface area contributed by atoms with Gasteiger partial charge in [0.25, 0.3) is 0 Å². The molecule has 0 aliphatic heterocycles. The van der Waals surface area contributed by atoms with Gasteiger partial charge in [-0.2, -0.15) is 0 Å². The van der Waals surface area contributed by atoms with Crippen LogP contribution in [0.2, 0.25) is 0 Å². The zero-order valence-corrected chi connectivity index (χ0v) is 16.9. The van der Waals surface area contributed by atoms with Crippen molar-refractivity contribution >= 4 is 21.6 Å². The van der Waals surface area contributed by atoms with Crippen molar-refractivity contribution in [1.82, 2.24) is 5.32 Å². The number of nitrogens with one attached hydrogen (secondary N) is 1. The molecule has 0 saturated carbocycles. The molecule has 0 spiro atoms. The highest BCUT2D eigenvalue weighted by atomic mass is 32.2. The Hall–Kier alpha value is -2.54. The Kier molecular flexibility index (Phi) is 6.85. The third kappa shape index (κ3) is 5.72. The Morgan fingerprint density at radius 3 is 2.11 bits per heavy atom. The van der Waals surface area contributed by atoms with E-state index in [2.05, 4.69) is 5.32 Å². The highest BCUT2D eigenvalue weighted by Gasteiger charge is 2.29. The van der Waals surface area contributed by atoms with E-state index in [1.165, 1.54) is 0 Å². The fraction of sp³-hybridized carbons (Fsp3) is 0.350. The standard InChI is InChI=1S/C20H26N2O4S/c1-5-15(2)21-20(23)16(3)22(27(4,24)25)17-11-13-19(14-12-17)26-18-9-7-6-8-10-18/h6-16H,5H2,1-4H3,(H,21,23)/t15-,16+/m1/s1. The summed E-state index contributed by atoms with van der Waals surface area (Å²) in [5, 5.41) is 2.83. The number of amides is 1. The summed E-state index contributed by atoms with van der Waals surface area (Å²) < 4.78 is 31.5. The van der Waals surface area contributed by atoms with E-state index < -0.39 is 16.1 Å². The minimum Gasteiger partial charge on any atom is -0.457 e. The zero-order valence-electron chi connectivity index (χ0n) is 16.0. The first-order valence-corrected chi connectivity index (χ1v) is 10.7. The maximum absolute atomic E-state index is 12.4. The van der Waals surface area contributed by atoms with Gasteiger partial charge in [0.05, 0.1) is 11.9 Å². The van der Waals surface area contributed by atoms with Gasteiger partial charge in [-0.25, -0.2) is 8.42 Å². The van der Waals surface area contributed by atoms with Crippen LogP contribution in [0.25, 0.3) is 0 Å². The second kappa shape index (κ2) is 8.90. The molecule has 0 aromatic heterocycles. The van der Waals surface area contributed by atoms with Gasteiger partial charge >= 0.3 is 0 Å². The van der Waals surface area contributed by atoms with Crippen molar-refractivity contribution in [2.45, 2.75) is 39.3 Å². The van der Waals surface area contributed by atoms with Crippen LogP contribution in [-0.4, -0.2) is 32.7 Å². The largest absolute Gasteiger partial charge is 0.457 e. The molecule has 2 rings (SSSR count). The maximum Gasteiger partial charge on any atom is 0.243 e. The molecule has 2 atom stereocenters. The van der Waals surface area contributed by atoms with Gasteiger partial charge in [0.1, 0.15) is 17.5 Å². The number of benzene rings is 2. The number of sulfonamides is 1. The van der Waals surface area contributed by atoms with E-state index in [9.17, 15) is 13.2 Å². The number of nitrogens with zero attached hydrogens (tertiary/aromatic N) is 1. The van der Waals surface area contributed by atoms with E-state index in [0.29, 0.717) is 17.2 Å². The van der Waals surface area contributed by atoms with Gasteiger partial charge in [0.15, 0.2) is 0 Å². The van der Waals surface area contributed by atoms with Crippen molar-refractivity contribution < 1.29 is 17.9 Å². The monoisotopic (exact) mass is 390 g/mol. The SMILES string of the molecule is CC[C@@H](C)NC(=O)[C@H](C)N(c1ccc(Oc2ccccc2)cc1)S(C)(=O)=O. The average molecular weight is 391 g/mol. The van der Waals surface area contributed by atoms with Crippen LogP contribution >= 0.6 is 0 Å². The Bertz CT molecular complexity index is 851. The lowest BCUT2D eigenvalue weighted by Gasteiger charge is -2.29. The molecule has 0 radical (unpaired) electrons. The highest BCUT2D eigenvalue weighted by molar-refractivity contribution is 7.92. The van der Waals surface area contributed by atoms with Crippen molar-refractivity contribution in [3.63, 3.8) is 0 Å². The molecule has 0 unspecified atom stereocenters. The summed E-state index contributed by atoms with van der Waals surface area (Å²) in [6, 6.07) is 15.0. The van der Waals surface area contributed by atoms with E-state index >= 15 is 0 Å². The summed E-state index contributed by atoms with van der Waals surface area (Å²) in [5.74, 6) is 0.931. The Morgan fingerprint density at radius 1 is 1.04 bits per heavy atom. The Balaban J connectivity index is 2.23. The first-order chi connectivity index (χ1) is 12.7. The number of anilines is 1. The lowest BCUT2D eigenvalue weighted by molar-refractivity contribution is -0.122. The van der Waals surface area contributed by atoms with Gasteiger partial charge in [0, 0.05) is 6.04 Å². The average Bonchev–Trinajstić information content (AvgIpc) is 2.62. The number of para-hydroxylation sites is 1. The molecule has 0 fully saturated rings. The minimum absolute atomic E-state index is 0.0250. The molecule has 0 aliphatic carbocycles. The van der Waals surface area contributed by atoms with Crippen molar-refractivity contribution in [1.29, 1.82) is 0 Å². The molecule has 0 heterocycles. The van der Waals surface area contributed by atoms with Crippen LogP contribution in [-0.2, 0) is 14.8 Å². The molecule has 146 valence electrons. The fourth-order valence-electron chi connectivity index (χ4n) is 2.56. The first-order valence-electron chi connectivity index (χ1n) is 8.85. The summed E-state index contributed by atoms with van der Waals surface area (Å²) in [6.45, 7) is 5.41. The molecule has 1 amide bonds. The number of hydrogen-bond acceptors (Lipinski definition) is 4. The van der Waals surface area contributed by atoms with Crippen LogP contribution in [0.1, 0.15) is 27.2 Å². The molecule has 0 saturated heterocycles. The number of rotatable bonds is 8. The molecular weight excluding hydrogens is 364 g/mol. The van der Waals surface area contributed by atoms with E-state index in [1.54, 1.807) is 31.2 Å². The quantitative estimate of drug-likeness (QED) is 0.748. The van der Waals surface area contributed by atoms with E-state index in [0.717, 1.165) is 17.0 Å². The topological polar surface area (TPSA) is 75.7 Å². The van der Waals surface area contributed by atoms with Gasteiger partial charge in [-0.1, -0.05) is 25.1 Å². The summed E-state index contributed by atoms with van der Waals surface area (Å²) in [6.07, 6.45) is 1.86. The van der Waals surface area contributed by atoms with Gasteiger partial charge < -0.3 is 10.1 Å². The highest BCUT2D eigenvalue weighted by Crippen LogP contribution is 2.26. The number of hydrogen-bond donors (Lipinski definition) is 1. The molecule has 2 aromatic carbocycles. The predicted octanol–water partition coefficient (Wildman–Crippen LogP) is 3.55. The van der Waals surface area contributed by atoms with Gasteiger partial charge in [0.2, 0.25) is 15.9 Å². The molecular formula is C20H26N2O4S. The number of carbonyl (C=O) groups is 1. The molecule has 6 nitrogen and oxygen atoms in total. The van der Waals surface area contributed by atoms with Gasteiger partial charge in [-0.05, 0) is 56.7 Å². The summed E-state index contributed by atoms with van der Waals surface area (Å²) in [7, 11) is -3.64. The molecule has 2 aromatic rings. The molecule has 7 heteroatoms. The van der Waals surface area contributed by atoms with E-state index in [-0.39, 0.29) is 11.9 Å². The van der Waals surface area contributed by atoms with Gasteiger partial charge in [-0.3, -0.25) is 9.10 Å². The van der Waals surface area contributed by atoms with Crippen LogP contribution in [0.4, 0.5) is 5.69 Å².